The second-order valence-corrected chi connectivity index (χ2v) is 5.54. The molecule has 0 bridgehead atoms. The minimum absolute atomic E-state index is 0.0894. The van der Waals surface area contributed by atoms with Crippen LogP contribution in [0.25, 0.3) is 0 Å². The molecule has 1 fully saturated rings. The van der Waals surface area contributed by atoms with E-state index < -0.39 is 0 Å². The molecule has 1 aliphatic heterocycles. The molecule has 0 saturated carbocycles. The fraction of sp³-hybridized carbons (Fsp3) is 0.353. The smallest absolute Gasteiger partial charge is 0.289 e. The highest BCUT2D eigenvalue weighted by atomic mass is 19.1. The van der Waals surface area contributed by atoms with Gasteiger partial charge in [-0.15, -0.1) is 0 Å². The van der Waals surface area contributed by atoms with E-state index in [0.29, 0.717) is 30.4 Å². The average Bonchev–Trinajstić information content (AvgIpc) is 3.23. The van der Waals surface area contributed by atoms with E-state index >= 15 is 0 Å². The monoisotopic (exact) mass is 318 g/mol. The number of amides is 1. The van der Waals surface area contributed by atoms with Crippen molar-refractivity contribution >= 4 is 5.91 Å². The summed E-state index contributed by atoms with van der Waals surface area (Å²) in [7, 11) is 0. The van der Waals surface area contributed by atoms with Crippen molar-refractivity contribution < 1.29 is 18.3 Å². The molecule has 0 unspecified atom stereocenters. The molecule has 0 spiro atoms. The van der Waals surface area contributed by atoms with E-state index in [-0.39, 0.29) is 24.4 Å². The number of furan rings is 1. The van der Waals surface area contributed by atoms with E-state index in [1.807, 2.05) is 0 Å². The molecule has 1 aliphatic rings. The summed E-state index contributed by atoms with van der Waals surface area (Å²) >= 11 is 0. The molecule has 1 aromatic heterocycles. The summed E-state index contributed by atoms with van der Waals surface area (Å²) in [5.74, 6) is 0.928. The Balaban J connectivity index is 1.61. The number of nitrogens with zero attached hydrogens (tertiary/aromatic N) is 1. The number of likely N-dealkylation sites (tertiary alicyclic amines) is 1. The maximum absolute atomic E-state index is 12.8. The van der Waals surface area contributed by atoms with Gasteiger partial charge < -0.3 is 19.8 Å². The lowest BCUT2D eigenvalue weighted by Gasteiger charge is -2.22. The molecule has 2 aromatic rings. The van der Waals surface area contributed by atoms with Gasteiger partial charge in [-0.1, -0.05) is 0 Å². The molecular formula is C17H19FN2O3. The number of halogens is 1. The molecular weight excluding hydrogens is 299 g/mol. The Morgan fingerprint density at radius 3 is 2.83 bits per heavy atom. The van der Waals surface area contributed by atoms with Gasteiger partial charge >= 0.3 is 0 Å². The van der Waals surface area contributed by atoms with Gasteiger partial charge in [0, 0.05) is 19.1 Å². The second-order valence-electron chi connectivity index (χ2n) is 5.54. The maximum atomic E-state index is 12.8. The highest BCUT2D eigenvalue weighted by molar-refractivity contribution is 5.92. The molecule has 1 aromatic carbocycles. The largest absolute Gasteiger partial charge is 0.486 e. The normalized spacial score (nSPS) is 17.5. The van der Waals surface area contributed by atoms with Crippen LogP contribution < -0.4 is 10.5 Å². The van der Waals surface area contributed by atoms with Gasteiger partial charge in [0.2, 0.25) is 0 Å². The molecule has 23 heavy (non-hydrogen) atoms. The van der Waals surface area contributed by atoms with Crippen LogP contribution in [0.5, 0.6) is 5.75 Å². The van der Waals surface area contributed by atoms with Crippen molar-refractivity contribution in [3.8, 4) is 5.75 Å². The number of ether oxygens (including phenoxy) is 1. The van der Waals surface area contributed by atoms with Crippen LogP contribution in [0.3, 0.4) is 0 Å². The van der Waals surface area contributed by atoms with Crippen LogP contribution in [0.4, 0.5) is 4.39 Å². The van der Waals surface area contributed by atoms with Crippen LogP contribution >= 0.6 is 0 Å². The van der Waals surface area contributed by atoms with Crippen LogP contribution in [0, 0.1) is 5.82 Å². The lowest BCUT2D eigenvalue weighted by Crippen LogP contribution is -2.39. The predicted octanol–water partition coefficient (Wildman–Crippen LogP) is 2.56. The molecule has 2 heterocycles. The van der Waals surface area contributed by atoms with Crippen LogP contribution in [0.1, 0.15) is 29.2 Å². The third kappa shape index (κ3) is 3.53. The van der Waals surface area contributed by atoms with E-state index in [4.69, 9.17) is 14.9 Å². The highest BCUT2D eigenvalue weighted by Crippen LogP contribution is 2.21. The zero-order chi connectivity index (χ0) is 16.2. The van der Waals surface area contributed by atoms with Gasteiger partial charge in [0.25, 0.3) is 5.91 Å². The fourth-order valence-electron chi connectivity index (χ4n) is 2.75. The van der Waals surface area contributed by atoms with E-state index in [1.54, 1.807) is 29.2 Å². The first-order chi connectivity index (χ1) is 11.2. The van der Waals surface area contributed by atoms with Gasteiger partial charge in [-0.05, 0) is 49.2 Å². The standard InChI is InChI=1S/C17H19FN2O3/c18-12-3-5-14(6-4-12)22-11-15-7-8-16(23-15)17(21)20-9-1-2-13(20)10-19/h3-8,13H,1-2,9-11,19H2/t13-/m0/s1. The van der Waals surface area contributed by atoms with E-state index in [1.165, 1.54) is 12.1 Å². The van der Waals surface area contributed by atoms with Crippen LogP contribution in [0.2, 0.25) is 0 Å². The van der Waals surface area contributed by atoms with Crippen LogP contribution in [0.15, 0.2) is 40.8 Å². The fourth-order valence-corrected chi connectivity index (χ4v) is 2.75. The third-order valence-corrected chi connectivity index (χ3v) is 3.98. The molecule has 0 aliphatic carbocycles. The summed E-state index contributed by atoms with van der Waals surface area (Å²) in [6.07, 6.45) is 1.90. The number of benzene rings is 1. The van der Waals surface area contributed by atoms with Crippen molar-refractivity contribution in [1.82, 2.24) is 4.90 Å². The van der Waals surface area contributed by atoms with Crippen molar-refractivity contribution in [2.24, 2.45) is 5.73 Å². The van der Waals surface area contributed by atoms with Gasteiger partial charge in [0.1, 0.15) is 23.9 Å². The zero-order valence-electron chi connectivity index (χ0n) is 12.7. The third-order valence-electron chi connectivity index (χ3n) is 3.98. The summed E-state index contributed by atoms with van der Waals surface area (Å²) in [4.78, 5) is 14.2. The first kappa shape index (κ1) is 15.6. The summed E-state index contributed by atoms with van der Waals surface area (Å²) in [6.45, 7) is 1.36. The number of hydrogen-bond acceptors (Lipinski definition) is 4. The number of hydrogen-bond donors (Lipinski definition) is 1. The van der Waals surface area contributed by atoms with E-state index in [0.717, 1.165) is 12.8 Å². The lowest BCUT2D eigenvalue weighted by molar-refractivity contribution is 0.0705. The van der Waals surface area contributed by atoms with Crippen LogP contribution in [-0.4, -0.2) is 29.9 Å². The summed E-state index contributed by atoms with van der Waals surface area (Å²) in [5.41, 5.74) is 5.70. The molecule has 5 nitrogen and oxygen atoms in total. The first-order valence-corrected chi connectivity index (χ1v) is 7.65. The molecule has 1 atom stereocenters. The zero-order valence-corrected chi connectivity index (χ0v) is 12.7. The lowest BCUT2D eigenvalue weighted by atomic mass is 10.2. The summed E-state index contributed by atoms with van der Waals surface area (Å²) in [5, 5.41) is 0. The number of rotatable bonds is 5. The topological polar surface area (TPSA) is 68.7 Å². The molecule has 6 heteroatoms. The molecule has 2 N–H and O–H groups in total. The van der Waals surface area contributed by atoms with Crippen LogP contribution in [-0.2, 0) is 6.61 Å². The second kappa shape index (κ2) is 6.83. The van der Waals surface area contributed by atoms with Gasteiger partial charge in [0.05, 0.1) is 0 Å². The minimum Gasteiger partial charge on any atom is -0.486 e. The summed E-state index contributed by atoms with van der Waals surface area (Å²) in [6, 6.07) is 9.19. The van der Waals surface area contributed by atoms with Gasteiger partial charge in [-0.3, -0.25) is 4.79 Å². The van der Waals surface area contributed by atoms with Gasteiger partial charge in [0.15, 0.2) is 5.76 Å². The molecule has 1 amide bonds. The van der Waals surface area contributed by atoms with Gasteiger partial charge in [-0.25, -0.2) is 4.39 Å². The molecule has 0 radical (unpaired) electrons. The molecule has 1 saturated heterocycles. The minimum atomic E-state index is -0.316. The number of nitrogens with two attached hydrogens (primary N) is 1. The summed E-state index contributed by atoms with van der Waals surface area (Å²) < 4.78 is 23.9. The quantitative estimate of drug-likeness (QED) is 0.920. The average molecular weight is 318 g/mol. The van der Waals surface area contributed by atoms with E-state index in [9.17, 15) is 9.18 Å². The Morgan fingerprint density at radius 2 is 2.09 bits per heavy atom. The Morgan fingerprint density at radius 1 is 1.30 bits per heavy atom. The number of carbonyl (C=O) groups excluding carboxylic acids is 1. The van der Waals surface area contributed by atoms with Crippen molar-refractivity contribution in [2.75, 3.05) is 13.1 Å². The highest BCUT2D eigenvalue weighted by Gasteiger charge is 2.29. The van der Waals surface area contributed by atoms with E-state index in [2.05, 4.69) is 0 Å². The number of carbonyl (C=O) groups is 1. The molecule has 122 valence electrons. The first-order valence-electron chi connectivity index (χ1n) is 7.65. The Kier molecular flexibility index (Phi) is 4.62. The molecule has 3 rings (SSSR count). The van der Waals surface area contributed by atoms with Crippen molar-refractivity contribution in [2.45, 2.75) is 25.5 Å². The van der Waals surface area contributed by atoms with Crippen molar-refractivity contribution in [3.05, 3.63) is 53.7 Å². The Hall–Kier alpha value is -2.34. The van der Waals surface area contributed by atoms with Crippen molar-refractivity contribution in [3.63, 3.8) is 0 Å². The Bertz CT molecular complexity index is 669. The maximum Gasteiger partial charge on any atom is 0.289 e. The Labute approximate surface area is 133 Å². The SMILES string of the molecule is NC[C@@H]1CCCN1C(=O)c1ccc(COc2ccc(F)cc2)o1. The predicted molar refractivity (Wildman–Crippen MR) is 82.6 cm³/mol. The van der Waals surface area contributed by atoms with Crippen molar-refractivity contribution in [1.29, 1.82) is 0 Å². The van der Waals surface area contributed by atoms with Gasteiger partial charge in [-0.2, -0.15) is 0 Å².